The van der Waals surface area contributed by atoms with Crippen molar-refractivity contribution in [1.29, 1.82) is 0 Å². The van der Waals surface area contributed by atoms with E-state index in [0.717, 1.165) is 19.1 Å². The van der Waals surface area contributed by atoms with Gasteiger partial charge in [-0.05, 0) is 52.5 Å². The number of hydrogen-bond acceptors (Lipinski definition) is 3. The predicted molar refractivity (Wildman–Crippen MR) is 85.3 cm³/mol. The summed E-state index contributed by atoms with van der Waals surface area (Å²) in [6.07, 6.45) is 8.16. The minimum Gasteiger partial charge on any atom is -0.366 e. The number of amides is 1. The molecule has 4 nitrogen and oxygen atoms in total. The monoisotopic (exact) mass is 296 g/mol. The quantitative estimate of drug-likeness (QED) is 0.819. The molecule has 1 heterocycles. The van der Waals surface area contributed by atoms with Crippen LogP contribution in [0.1, 0.15) is 59.3 Å². The molecule has 2 rings (SSSR count). The fraction of sp³-hybridized carbons (Fsp3) is 0.941. The van der Waals surface area contributed by atoms with E-state index in [-0.39, 0.29) is 5.91 Å². The Morgan fingerprint density at radius 2 is 1.95 bits per heavy atom. The molecule has 0 aromatic carbocycles. The number of likely N-dealkylation sites (tertiary alicyclic amines) is 1. The van der Waals surface area contributed by atoms with E-state index in [1.54, 1.807) is 0 Å². The number of hydrogen-bond donors (Lipinski definition) is 1. The maximum absolute atomic E-state index is 12.1. The second kappa shape index (κ2) is 7.59. The summed E-state index contributed by atoms with van der Waals surface area (Å²) in [6, 6.07) is 0.805. The Labute approximate surface area is 129 Å². The van der Waals surface area contributed by atoms with Crippen LogP contribution in [0, 0.1) is 5.92 Å². The summed E-state index contributed by atoms with van der Waals surface area (Å²) in [7, 11) is 0. The zero-order valence-corrected chi connectivity index (χ0v) is 14.0. The first-order valence-corrected chi connectivity index (χ1v) is 8.69. The average molecular weight is 296 g/mol. The molecule has 1 amide bonds. The molecule has 1 atom stereocenters. The lowest BCUT2D eigenvalue weighted by Crippen LogP contribution is -2.46. The fourth-order valence-electron chi connectivity index (χ4n) is 3.68. The molecular formula is C17H32N2O2. The van der Waals surface area contributed by atoms with Crippen molar-refractivity contribution < 1.29 is 9.53 Å². The van der Waals surface area contributed by atoms with Crippen LogP contribution in [0.2, 0.25) is 0 Å². The molecule has 21 heavy (non-hydrogen) atoms. The van der Waals surface area contributed by atoms with Crippen LogP contribution in [0.25, 0.3) is 0 Å². The first-order valence-electron chi connectivity index (χ1n) is 8.69. The maximum atomic E-state index is 12.1. The predicted octanol–water partition coefficient (Wildman–Crippen LogP) is 2.57. The van der Waals surface area contributed by atoms with Gasteiger partial charge >= 0.3 is 0 Å². The fourth-order valence-corrected chi connectivity index (χ4v) is 3.68. The van der Waals surface area contributed by atoms with Crippen molar-refractivity contribution in [2.24, 2.45) is 5.92 Å². The van der Waals surface area contributed by atoms with Crippen molar-refractivity contribution in [3.05, 3.63) is 0 Å². The molecule has 2 fully saturated rings. The van der Waals surface area contributed by atoms with Gasteiger partial charge in [-0.25, -0.2) is 0 Å². The van der Waals surface area contributed by atoms with Gasteiger partial charge in [0.25, 0.3) is 5.91 Å². The summed E-state index contributed by atoms with van der Waals surface area (Å²) in [5.74, 6) is 0.619. The van der Waals surface area contributed by atoms with Gasteiger partial charge in [0.2, 0.25) is 0 Å². The SMILES string of the molecule is CCOC(C)(C)C(=O)NC[C@H]1CCN(C2CCCCC2)C1. The topological polar surface area (TPSA) is 41.6 Å². The van der Waals surface area contributed by atoms with Crippen LogP contribution >= 0.6 is 0 Å². The smallest absolute Gasteiger partial charge is 0.251 e. The van der Waals surface area contributed by atoms with Gasteiger partial charge in [0.05, 0.1) is 0 Å². The normalized spacial score (nSPS) is 25.2. The second-order valence-electron chi connectivity index (χ2n) is 7.09. The lowest BCUT2D eigenvalue weighted by Gasteiger charge is -2.31. The van der Waals surface area contributed by atoms with E-state index in [1.165, 1.54) is 45.1 Å². The van der Waals surface area contributed by atoms with E-state index in [1.807, 2.05) is 20.8 Å². The molecule has 0 aromatic heterocycles. The molecule has 1 saturated carbocycles. The van der Waals surface area contributed by atoms with Crippen LogP contribution in [0.5, 0.6) is 0 Å². The van der Waals surface area contributed by atoms with Crippen molar-refractivity contribution in [3.8, 4) is 0 Å². The van der Waals surface area contributed by atoms with Crippen LogP contribution in [0.15, 0.2) is 0 Å². The van der Waals surface area contributed by atoms with Gasteiger partial charge in [0.15, 0.2) is 0 Å². The highest BCUT2D eigenvalue weighted by molar-refractivity contribution is 5.84. The highest BCUT2D eigenvalue weighted by atomic mass is 16.5. The Kier molecular flexibility index (Phi) is 6.06. The van der Waals surface area contributed by atoms with Crippen LogP contribution in [-0.2, 0) is 9.53 Å². The van der Waals surface area contributed by atoms with E-state index >= 15 is 0 Å². The molecule has 0 bridgehead atoms. The Bertz CT molecular complexity index is 338. The molecule has 0 spiro atoms. The molecule has 4 heteroatoms. The molecule has 1 aliphatic carbocycles. The first kappa shape index (κ1) is 16.8. The van der Waals surface area contributed by atoms with E-state index in [0.29, 0.717) is 12.5 Å². The van der Waals surface area contributed by atoms with Crippen LogP contribution in [-0.4, -0.2) is 48.7 Å². The summed E-state index contributed by atoms with van der Waals surface area (Å²) >= 11 is 0. The van der Waals surface area contributed by atoms with Crippen LogP contribution in [0.3, 0.4) is 0 Å². The minimum absolute atomic E-state index is 0.0143. The number of rotatable bonds is 6. The van der Waals surface area contributed by atoms with Gasteiger partial charge in [-0.1, -0.05) is 19.3 Å². The Morgan fingerprint density at radius 3 is 2.62 bits per heavy atom. The molecule has 1 saturated heterocycles. The maximum Gasteiger partial charge on any atom is 0.251 e. The second-order valence-corrected chi connectivity index (χ2v) is 7.09. The highest BCUT2D eigenvalue weighted by Crippen LogP contribution is 2.27. The molecule has 1 N–H and O–H groups in total. The van der Waals surface area contributed by atoms with E-state index in [4.69, 9.17) is 4.74 Å². The number of carbonyl (C=O) groups is 1. The Balaban J connectivity index is 1.71. The number of nitrogens with zero attached hydrogens (tertiary/aromatic N) is 1. The van der Waals surface area contributed by atoms with Crippen LogP contribution in [0.4, 0.5) is 0 Å². The summed E-state index contributed by atoms with van der Waals surface area (Å²) in [5.41, 5.74) is -0.712. The zero-order valence-electron chi connectivity index (χ0n) is 14.0. The van der Waals surface area contributed by atoms with Crippen molar-refractivity contribution >= 4 is 5.91 Å². The van der Waals surface area contributed by atoms with Gasteiger partial charge in [-0.15, -0.1) is 0 Å². The number of ether oxygens (including phenoxy) is 1. The minimum atomic E-state index is -0.712. The van der Waals surface area contributed by atoms with Crippen molar-refractivity contribution in [1.82, 2.24) is 10.2 Å². The number of nitrogens with one attached hydrogen (secondary N) is 1. The van der Waals surface area contributed by atoms with E-state index in [2.05, 4.69) is 10.2 Å². The number of carbonyl (C=O) groups excluding carboxylic acids is 1. The molecule has 2 aliphatic rings. The Morgan fingerprint density at radius 1 is 1.24 bits per heavy atom. The van der Waals surface area contributed by atoms with Crippen LogP contribution < -0.4 is 5.32 Å². The van der Waals surface area contributed by atoms with Crippen molar-refractivity contribution in [3.63, 3.8) is 0 Å². The zero-order chi connectivity index (χ0) is 15.3. The van der Waals surface area contributed by atoms with Gasteiger partial charge in [-0.2, -0.15) is 0 Å². The van der Waals surface area contributed by atoms with Gasteiger partial charge in [0, 0.05) is 25.7 Å². The first-order chi connectivity index (χ1) is 10.0. The van der Waals surface area contributed by atoms with Gasteiger partial charge < -0.3 is 15.0 Å². The third-order valence-electron chi connectivity index (χ3n) is 5.01. The lowest BCUT2D eigenvalue weighted by atomic mass is 9.94. The lowest BCUT2D eigenvalue weighted by molar-refractivity contribution is -0.142. The summed E-state index contributed by atoms with van der Waals surface area (Å²) in [5, 5.41) is 3.08. The molecular weight excluding hydrogens is 264 g/mol. The summed E-state index contributed by atoms with van der Waals surface area (Å²) in [4.78, 5) is 14.8. The van der Waals surface area contributed by atoms with E-state index < -0.39 is 5.60 Å². The van der Waals surface area contributed by atoms with E-state index in [9.17, 15) is 4.79 Å². The molecule has 0 radical (unpaired) electrons. The molecule has 122 valence electrons. The summed E-state index contributed by atoms with van der Waals surface area (Å²) in [6.45, 7) is 9.33. The Hall–Kier alpha value is -0.610. The summed E-state index contributed by atoms with van der Waals surface area (Å²) < 4.78 is 5.50. The van der Waals surface area contributed by atoms with Crippen molar-refractivity contribution in [2.45, 2.75) is 70.9 Å². The van der Waals surface area contributed by atoms with Crippen molar-refractivity contribution in [2.75, 3.05) is 26.2 Å². The largest absolute Gasteiger partial charge is 0.366 e. The molecule has 1 aliphatic heterocycles. The highest BCUT2D eigenvalue weighted by Gasteiger charge is 2.31. The third kappa shape index (κ3) is 4.68. The van der Waals surface area contributed by atoms with Gasteiger partial charge in [0.1, 0.15) is 5.60 Å². The standard InChI is InChI=1S/C17H32N2O2/c1-4-21-17(2,3)16(20)18-12-14-10-11-19(13-14)15-8-6-5-7-9-15/h14-15H,4-13H2,1-3H3,(H,18,20)/t14-/m1/s1. The third-order valence-corrected chi connectivity index (χ3v) is 5.01. The molecule has 0 aromatic rings. The van der Waals surface area contributed by atoms with Gasteiger partial charge in [-0.3, -0.25) is 4.79 Å². The molecule has 0 unspecified atom stereocenters. The average Bonchev–Trinajstić information content (AvgIpc) is 2.94.